The van der Waals surface area contributed by atoms with Gasteiger partial charge in [-0.15, -0.1) is 16.8 Å². The molecule has 1 aliphatic heterocycles. The molecule has 1 aromatic heterocycles. The van der Waals surface area contributed by atoms with Crippen molar-refractivity contribution < 1.29 is 4.79 Å². The second-order valence-electron chi connectivity index (χ2n) is 6.95. The van der Waals surface area contributed by atoms with Crippen LogP contribution in [0.3, 0.4) is 0 Å². The normalized spacial score (nSPS) is 15.4. The van der Waals surface area contributed by atoms with Crippen LogP contribution in [0.2, 0.25) is 0 Å². The Balaban J connectivity index is 1.53. The minimum atomic E-state index is 0.0887. The van der Waals surface area contributed by atoms with E-state index in [9.17, 15) is 4.79 Å². The van der Waals surface area contributed by atoms with E-state index in [1.807, 2.05) is 58.0 Å². The molecule has 1 aliphatic rings. The average Bonchev–Trinajstić information content (AvgIpc) is 3.27. The van der Waals surface area contributed by atoms with Gasteiger partial charge in [-0.05, 0) is 37.1 Å². The molecule has 0 radical (unpaired) electrons. The number of benzene rings is 2. The number of thioether (sulfide) groups is 1. The smallest absolute Gasteiger partial charge is 0.237 e. The van der Waals surface area contributed by atoms with Crippen molar-refractivity contribution in [2.75, 3.05) is 10.7 Å². The predicted molar refractivity (Wildman–Crippen MR) is 121 cm³/mol. The van der Waals surface area contributed by atoms with E-state index in [4.69, 9.17) is 0 Å². The van der Waals surface area contributed by atoms with Gasteiger partial charge >= 0.3 is 0 Å². The molecular formula is C22H21BrN4OS. The van der Waals surface area contributed by atoms with E-state index in [2.05, 4.69) is 45.7 Å². The zero-order valence-corrected chi connectivity index (χ0v) is 18.5. The Morgan fingerprint density at radius 3 is 2.76 bits per heavy atom. The van der Waals surface area contributed by atoms with Gasteiger partial charge in [0.05, 0.1) is 5.75 Å². The third-order valence-corrected chi connectivity index (χ3v) is 6.41. The van der Waals surface area contributed by atoms with E-state index in [0.717, 1.165) is 33.1 Å². The first-order valence-corrected chi connectivity index (χ1v) is 11.2. The summed E-state index contributed by atoms with van der Waals surface area (Å²) in [5.41, 5.74) is 3.22. The Morgan fingerprint density at radius 1 is 1.24 bits per heavy atom. The van der Waals surface area contributed by atoms with Crippen molar-refractivity contribution in [3.05, 3.63) is 71.2 Å². The number of anilines is 1. The molecule has 4 rings (SSSR count). The van der Waals surface area contributed by atoms with E-state index in [1.54, 1.807) is 0 Å². The summed E-state index contributed by atoms with van der Waals surface area (Å²) in [5, 5.41) is 9.43. The van der Waals surface area contributed by atoms with Gasteiger partial charge in [-0.2, -0.15) is 0 Å². The summed E-state index contributed by atoms with van der Waals surface area (Å²) in [4.78, 5) is 14.9. The Hall–Kier alpha value is -2.38. The van der Waals surface area contributed by atoms with E-state index in [0.29, 0.717) is 12.3 Å². The SMILES string of the molecule is C=CCn1c(SCC(=O)N2c3ccccc3CC2C)nnc1-c1ccc(Br)cc1. The number of carbonyl (C=O) groups is 1. The molecular weight excluding hydrogens is 448 g/mol. The molecule has 3 aromatic rings. The van der Waals surface area contributed by atoms with E-state index in [1.165, 1.54) is 17.3 Å². The van der Waals surface area contributed by atoms with Crippen molar-refractivity contribution >= 4 is 39.3 Å². The average molecular weight is 469 g/mol. The summed E-state index contributed by atoms with van der Waals surface area (Å²) in [5.74, 6) is 1.17. The molecule has 0 saturated heterocycles. The molecule has 1 atom stereocenters. The number of rotatable bonds is 6. The van der Waals surface area contributed by atoms with Gasteiger partial charge < -0.3 is 4.90 Å². The molecule has 0 spiro atoms. The topological polar surface area (TPSA) is 51.0 Å². The van der Waals surface area contributed by atoms with Crippen molar-refractivity contribution in [3.63, 3.8) is 0 Å². The van der Waals surface area contributed by atoms with Crippen LogP contribution in [0.5, 0.6) is 0 Å². The van der Waals surface area contributed by atoms with Gasteiger partial charge in [-0.1, -0.05) is 64.1 Å². The molecule has 1 amide bonds. The van der Waals surface area contributed by atoms with Crippen LogP contribution in [0.25, 0.3) is 11.4 Å². The summed E-state index contributed by atoms with van der Waals surface area (Å²) in [6, 6.07) is 16.2. The van der Waals surface area contributed by atoms with E-state index < -0.39 is 0 Å². The van der Waals surface area contributed by atoms with Crippen molar-refractivity contribution in [1.29, 1.82) is 0 Å². The second kappa shape index (κ2) is 8.55. The lowest BCUT2D eigenvalue weighted by Crippen LogP contribution is -2.37. The molecule has 29 heavy (non-hydrogen) atoms. The Kier molecular flexibility index (Phi) is 5.87. The number of fused-ring (bicyclic) bond motifs is 1. The van der Waals surface area contributed by atoms with Crippen LogP contribution in [-0.2, 0) is 17.8 Å². The highest BCUT2D eigenvalue weighted by Gasteiger charge is 2.30. The number of nitrogens with zero attached hydrogens (tertiary/aromatic N) is 4. The quantitative estimate of drug-likeness (QED) is 0.378. The maximum Gasteiger partial charge on any atom is 0.237 e. The first kappa shape index (κ1) is 19.9. The Bertz CT molecular complexity index is 1050. The number of amides is 1. The van der Waals surface area contributed by atoms with Gasteiger partial charge in [0, 0.05) is 28.3 Å². The highest BCUT2D eigenvalue weighted by atomic mass is 79.9. The number of carbonyl (C=O) groups excluding carboxylic acids is 1. The molecule has 1 unspecified atom stereocenters. The van der Waals surface area contributed by atoms with Gasteiger partial charge in [0.1, 0.15) is 0 Å². The number of aromatic nitrogens is 3. The number of para-hydroxylation sites is 1. The van der Waals surface area contributed by atoms with Crippen molar-refractivity contribution in [3.8, 4) is 11.4 Å². The largest absolute Gasteiger partial charge is 0.308 e. The zero-order valence-electron chi connectivity index (χ0n) is 16.1. The molecule has 7 heteroatoms. The minimum absolute atomic E-state index is 0.0887. The predicted octanol–water partition coefficient (Wildman–Crippen LogP) is 4.96. The molecule has 2 heterocycles. The van der Waals surface area contributed by atoms with Crippen LogP contribution in [-0.4, -0.2) is 32.5 Å². The van der Waals surface area contributed by atoms with Crippen LogP contribution >= 0.6 is 27.7 Å². The highest BCUT2D eigenvalue weighted by Crippen LogP contribution is 2.33. The first-order valence-electron chi connectivity index (χ1n) is 9.41. The molecule has 0 aliphatic carbocycles. The molecule has 0 fully saturated rings. The number of hydrogen-bond donors (Lipinski definition) is 0. The standard InChI is InChI=1S/C22H21BrN4OS/c1-3-12-26-21(16-8-10-18(23)11-9-16)24-25-22(26)29-14-20(28)27-15(2)13-17-6-4-5-7-19(17)27/h3-11,15H,1,12-14H2,2H3. The fraction of sp³-hybridized carbons (Fsp3) is 0.227. The third kappa shape index (κ3) is 4.02. The zero-order chi connectivity index (χ0) is 20.4. The fourth-order valence-corrected chi connectivity index (χ4v) is 4.71. The molecule has 0 N–H and O–H groups in total. The molecule has 148 valence electrons. The van der Waals surface area contributed by atoms with Crippen LogP contribution in [0.15, 0.2) is 70.8 Å². The molecule has 2 aromatic carbocycles. The summed E-state index contributed by atoms with van der Waals surface area (Å²) in [6.07, 6.45) is 2.71. The summed E-state index contributed by atoms with van der Waals surface area (Å²) in [7, 11) is 0. The van der Waals surface area contributed by atoms with E-state index >= 15 is 0 Å². The summed E-state index contributed by atoms with van der Waals surface area (Å²) in [6.45, 7) is 6.52. The molecule has 5 nitrogen and oxygen atoms in total. The second-order valence-corrected chi connectivity index (χ2v) is 8.80. The Morgan fingerprint density at radius 2 is 2.00 bits per heavy atom. The number of halogens is 1. The molecule has 0 bridgehead atoms. The summed E-state index contributed by atoms with van der Waals surface area (Å²) < 4.78 is 3.01. The van der Waals surface area contributed by atoms with Crippen LogP contribution in [0, 0.1) is 0 Å². The fourth-order valence-electron chi connectivity index (χ4n) is 3.64. The number of allylic oxidation sites excluding steroid dienone is 1. The van der Waals surface area contributed by atoms with Crippen LogP contribution in [0.4, 0.5) is 5.69 Å². The van der Waals surface area contributed by atoms with Crippen molar-refractivity contribution in [1.82, 2.24) is 14.8 Å². The van der Waals surface area contributed by atoms with Gasteiger partial charge in [0.25, 0.3) is 0 Å². The van der Waals surface area contributed by atoms with Gasteiger partial charge in [-0.25, -0.2) is 0 Å². The van der Waals surface area contributed by atoms with Crippen LogP contribution < -0.4 is 4.90 Å². The van der Waals surface area contributed by atoms with Gasteiger partial charge in [0.2, 0.25) is 5.91 Å². The van der Waals surface area contributed by atoms with Crippen molar-refractivity contribution in [2.45, 2.75) is 31.1 Å². The molecule has 0 saturated carbocycles. The maximum absolute atomic E-state index is 13.0. The number of hydrogen-bond acceptors (Lipinski definition) is 4. The lowest BCUT2D eigenvalue weighted by Gasteiger charge is -2.22. The van der Waals surface area contributed by atoms with E-state index in [-0.39, 0.29) is 11.9 Å². The van der Waals surface area contributed by atoms with Gasteiger partial charge in [-0.3, -0.25) is 9.36 Å². The lowest BCUT2D eigenvalue weighted by atomic mass is 10.1. The lowest BCUT2D eigenvalue weighted by molar-refractivity contribution is -0.116. The maximum atomic E-state index is 13.0. The minimum Gasteiger partial charge on any atom is -0.308 e. The van der Waals surface area contributed by atoms with Crippen LogP contribution in [0.1, 0.15) is 12.5 Å². The highest BCUT2D eigenvalue weighted by molar-refractivity contribution is 9.10. The third-order valence-electron chi connectivity index (χ3n) is 4.93. The van der Waals surface area contributed by atoms with Gasteiger partial charge in [0.15, 0.2) is 11.0 Å². The van der Waals surface area contributed by atoms with Crippen molar-refractivity contribution in [2.24, 2.45) is 0 Å². The monoisotopic (exact) mass is 468 g/mol. The Labute approximate surface area is 183 Å². The first-order chi connectivity index (χ1) is 14.1. The summed E-state index contributed by atoms with van der Waals surface area (Å²) >= 11 is 4.88.